The number of anilines is 1. The van der Waals surface area contributed by atoms with Crippen LogP contribution in [0.1, 0.15) is 34.6 Å². The summed E-state index contributed by atoms with van der Waals surface area (Å²) in [4.78, 5) is 21.0. The van der Waals surface area contributed by atoms with E-state index in [1.165, 1.54) is 24.4 Å². The minimum Gasteiger partial charge on any atom is -0.386 e. The normalized spacial score (nSPS) is 20.2. The van der Waals surface area contributed by atoms with E-state index in [1.807, 2.05) is 6.07 Å². The SMILES string of the molecule is NC1=N[C@@](c2cc(NC(=O)c3ncc(Cl)cc3F)ccc2F)(C2CC2)c2ccnn2C1. The summed E-state index contributed by atoms with van der Waals surface area (Å²) in [6.45, 7) is 0.330. The predicted octanol–water partition coefficient (Wildman–Crippen LogP) is 3.49. The standard InChI is InChI=1S/C21H17ClF2N6O/c22-12-7-16(24)19(26-9-12)20(31)28-13-3-4-15(23)14(8-13)21(11-1-2-11)17-5-6-27-30(17)10-18(25)29-21/h3-9,11H,1-2,10H2,(H2,25,29)(H,28,31)/t21-/m1/s1. The summed E-state index contributed by atoms with van der Waals surface area (Å²) < 4.78 is 30.9. The first-order valence-corrected chi connectivity index (χ1v) is 10.0. The number of carbonyl (C=O) groups is 1. The molecule has 1 fully saturated rings. The molecule has 1 aromatic carbocycles. The van der Waals surface area contributed by atoms with Gasteiger partial charge in [0.1, 0.15) is 17.2 Å². The van der Waals surface area contributed by atoms with Crippen molar-refractivity contribution in [3.8, 4) is 0 Å². The summed E-state index contributed by atoms with van der Waals surface area (Å²) in [6.07, 6.45) is 4.54. The smallest absolute Gasteiger partial charge is 0.277 e. The maximum absolute atomic E-state index is 15.1. The molecule has 1 saturated carbocycles. The molecular formula is C21H17ClF2N6O. The lowest BCUT2D eigenvalue weighted by molar-refractivity contribution is 0.101. The summed E-state index contributed by atoms with van der Waals surface area (Å²) in [7, 11) is 0. The van der Waals surface area contributed by atoms with Gasteiger partial charge in [-0.1, -0.05) is 11.6 Å². The Kier molecular flexibility index (Phi) is 4.51. The summed E-state index contributed by atoms with van der Waals surface area (Å²) in [6, 6.07) is 6.98. The Labute approximate surface area is 180 Å². The van der Waals surface area contributed by atoms with Gasteiger partial charge in [0.15, 0.2) is 11.5 Å². The maximum atomic E-state index is 15.1. The van der Waals surface area contributed by atoms with Crippen LogP contribution >= 0.6 is 11.6 Å². The number of aliphatic imine (C=N–C) groups is 1. The third-order valence-corrected chi connectivity index (χ3v) is 5.77. The zero-order valence-electron chi connectivity index (χ0n) is 16.1. The van der Waals surface area contributed by atoms with E-state index in [9.17, 15) is 9.18 Å². The topological polar surface area (TPSA) is 98.2 Å². The van der Waals surface area contributed by atoms with Crippen LogP contribution in [0.15, 0.2) is 47.7 Å². The highest BCUT2D eigenvalue weighted by Crippen LogP contribution is 2.54. The lowest BCUT2D eigenvalue weighted by Gasteiger charge is -2.35. The minimum atomic E-state index is -1.03. The molecule has 3 aromatic rings. The fourth-order valence-corrected chi connectivity index (χ4v) is 4.29. The molecule has 1 aliphatic heterocycles. The minimum absolute atomic E-state index is 0.0534. The molecule has 0 unspecified atom stereocenters. The monoisotopic (exact) mass is 442 g/mol. The van der Waals surface area contributed by atoms with E-state index < -0.39 is 28.8 Å². The van der Waals surface area contributed by atoms with E-state index in [0.29, 0.717) is 12.4 Å². The van der Waals surface area contributed by atoms with Crippen molar-refractivity contribution in [1.82, 2.24) is 14.8 Å². The number of amides is 1. The van der Waals surface area contributed by atoms with Crippen LogP contribution in [-0.4, -0.2) is 26.5 Å². The number of nitrogens with one attached hydrogen (secondary N) is 1. The molecule has 158 valence electrons. The number of hydrogen-bond donors (Lipinski definition) is 2. The van der Waals surface area contributed by atoms with Crippen molar-refractivity contribution < 1.29 is 13.6 Å². The van der Waals surface area contributed by atoms with E-state index in [4.69, 9.17) is 22.3 Å². The van der Waals surface area contributed by atoms with Crippen LogP contribution in [0.5, 0.6) is 0 Å². The third-order valence-electron chi connectivity index (χ3n) is 5.56. The van der Waals surface area contributed by atoms with Crippen molar-refractivity contribution in [1.29, 1.82) is 0 Å². The molecule has 31 heavy (non-hydrogen) atoms. The molecule has 7 nitrogen and oxygen atoms in total. The third kappa shape index (κ3) is 3.25. The number of nitrogens with zero attached hydrogens (tertiary/aromatic N) is 4. The highest BCUT2D eigenvalue weighted by Gasteiger charge is 2.52. The molecule has 2 aromatic heterocycles. The molecule has 10 heteroatoms. The second-order valence-corrected chi connectivity index (χ2v) is 8.09. The van der Waals surface area contributed by atoms with Gasteiger partial charge in [-0.25, -0.2) is 13.8 Å². The first-order chi connectivity index (χ1) is 14.9. The van der Waals surface area contributed by atoms with Crippen molar-refractivity contribution in [3.63, 3.8) is 0 Å². The number of hydrogen-bond acceptors (Lipinski definition) is 5. The molecule has 1 amide bonds. The number of halogens is 3. The van der Waals surface area contributed by atoms with Crippen LogP contribution in [0.2, 0.25) is 5.02 Å². The molecule has 5 rings (SSSR count). The molecule has 1 aliphatic carbocycles. The Bertz CT molecular complexity index is 1240. The molecule has 0 bridgehead atoms. The Morgan fingerprint density at radius 1 is 1.23 bits per heavy atom. The van der Waals surface area contributed by atoms with Gasteiger partial charge in [0, 0.05) is 23.6 Å². The summed E-state index contributed by atoms with van der Waals surface area (Å²) in [5, 5.41) is 6.95. The highest BCUT2D eigenvalue weighted by molar-refractivity contribution is 6.30. The Morgan fingerprint density at radius 3 is 2.77 bits per heavy atom. The number of nitrogens with two attached hydrogens (primary N) is 1. The number of fused-ring (bicyclic) bond motifs is 1. The molecule has 3 heterocycles. The second kappa shape index (κ2) is 7.12. The van der Waals surface area contributed by atoms with Gasteiger partial charge >= 0.3 is 0 Å². The van der Waals surface area contributed by atoms with Gasteiger partial charge in [0.2, 0.25) is 0 Å². The van der Waals surface area contributed by atoms with Gasteiger partial charge in [0.05, 0.1) is 17.3 Å². The fraction of sp³-hybridized carbons (Fsp3) is 0.238. The van der Waals surface area contributed by atoms with Crippen LogP contribution < -0.4 is 11.1 Å². The lowest BCUT2D eigenvalue weighted by Crippen LogP contribution is -2.41. The molecule has 1 atom stereocenters. The number of carbonyl (C=O) groups excluding carboxylic acids is 1. The maximum Gasteiger partial charge on any atom is 0.277 e. The van der Waals surface area contributed by atoms with Gasteiger partial charge in [-0.15, -0.1) is 0 Å². The van der Waals surface area contributed by atoms with Crippen LogP contribution in [0.4, 0.5) is 14.5 Å². The van der Waals surface area contributed by atoms with E-state index in [-0.39, 0.29) is 22.2 Å². The molecule has 0 spiro atoms. The number of amidine groups is 1. The van der Waals surface area contributed by atoms with Gasteiger partial charge in [-0.2, -0.15) is 5.10 Å². The highest BCUT2D eigenvalue weighted by atomic mass is 35.5. The summed E-state index contributed by atoms with van der Waals surface area (Å²) in [5.74, 6) is -1.70. The molecule has 3 N–H and O–H groups in total. The van der Waals surface area contributed by atoms with Gasteiger partial charge in [0.25, 0.3) is 5.91 Å². The van der Waals surface area contributed by atoms with Crippen LogP contribution in [-0.2, 0) is 12.1 Å². The average Bonchev–Trinajstić information content (AvgIpc) is 3.47. The molecule has 0 radical (unpaired) electrons. The largest absolute Gasteiger partial charge is 0.386 e. The van der Waals surface area contributed by atoms with E-state index in [2.05, 4.69) is 15.4 Å². The van der Waals surface area contributed by atoms with E-state index in [0.717, 1.165) is 24.6 Å². The summed E-state index contributed by atoms with van der Waals surface area (Å²) >= 11 is 5.70. The zero-order valence-corrected chi connectivity index (χ0v) is 16.9. The first-order valence-electron chi connectivity index (χ1n) is 9.67. The second-order valence-electron chi connectivity index (χ2n) is 7.65. The van der Waals surface area contributed by atoms with E-state index >= 15 is 4.39 Å². The Balaban J connectivity index is 1.57. The average molecular weight is 443 g/mol. The van der Waals surface area contributed by atoms with Crippen molar-refractivity contribution >= 4 is 29.0 Å². The number of pyridine rings is 1. The fourth-order valence-electron chi connectivity index (χ4n) is 4.14. The van der Waals surface area contributed by atoms with Crippen LogP contribution in [0.3, 0.4) is 0 Å². The van der Waals surface area contributed by atoms with Gasteiger partial charge in [-0.05, 0) is 49.1 Å². The van der Waals surface area contributed by atoms with Crippen molar-refractivity contribution in [3.05, 3.63) is 76.3 Å². The van der Waals surface area contributed by atoms with Crippen molar-refractivity contribution in [2.24, 2.45) is 16.6 Å². The Morgan fingerprint density at radius 2 is 2.03 bits per heavy atom. The molecule has 2 aliphatic rings. The quantitative estimate of drug-likeness (QED) is 0.646. The first kappa shape index (κ1) is 19.6. The molecule has 0 saturated heterocycles. The van der Waals surface area contributed by atoms with Crippen molar-refractivity contribution in [2.75, 3.05) is 5.32 Å². The van der Waals surface area contributed by atoms with Gasteiger partial charge in [-0.3, -0.25) is 14.5 Å². The Hall–Kier alpha value is -3.33. The van der Waals surface area contributed by atoms with Crippen LogP contribution in [0, 0.1) is 17.6 Å². The zero-order chi connectivity index (χ0) is 21.8. The predicted molar refractivity (Wildman–Crippen MR) is 111 cm³/mol. The van der Waals surface area contributed by atoms with Gasteiger partial charge < -0.3 is 11.1 Å². The molecular weight excluding hydrogens is 426 g/mol. The number of benzene rings is 1. The summed E-state index contributed by atoms with van der Waals surface area (Å²) in [5.41, 5.74) is 5.96. The van der Waals surface area contributed by atoms with Crippen molar-refractivity contribution in [2.45, 2.75) is 24.9 Å². The van der Waals surface area contributed by atoms with E-state index in [1.54, 1.807) is 10.9 Å². The number of aromatic nitrogens is 3. The number of rotatable bonds is 4. The van der Waals surface area contributed by atoms with Crippen LogP contribution in [0.25, 0.3) is 0 Å². The lowest BCUT2D eigenvalue weighted by atomic mass is 9.80.